The molecule has 3 rings (SSSR count). The highest BCUT2D eigenvalue weighted by molar-refractivity contribution is 5.72. The van der Waals surface area contributed by atoms with Crippen molar-refractivity contribution in [2.24, 2.45) is 0 Å². The normalized spacial score (nSPS) is 11.8. The average Bonchev–Trinajstić information content (AvgIpc) is 2.80. The Balaban J connectivity index is 1.84. The van der Waals surface area contributed by atoms with Crippen LogP contribution < -0.4 is 9.64 Å². The van der Waals surface area contributed by atoms with Crippen molar-refractivity contribution in [2.75, 3.05) is 0 Å². The summed E-state index contributed by atoms with van der Waals surface area (Å²) in [5, 5.41) is 14.6. The van der Waals surface area contributed by atoms with E-state index >= 15 is 0 Å². The summed E-state index contributed by atoms with van der Waals surface area (Å²) in [4.78, 5) is 0.247. The van der Waals surface area contributed by atoms with Gasteiger partial charge in [0.1, 0.15) is 11.5 Å². The topological polar surface area (TPSA) is 62.2 Å². The van der Waals surface area contributed by atoms with Gasteiger partial charge in [-0.15, -0.1) is 0 Å². The molecule has 0 aliphatic heterocycles. The number of alkyl halides is 3. The maximum Gasteiger partial charge on any atom is 0.416 e. The van der Waals surface area contributed by atoms with Gasteiger partial charge in [-0.2, -0.15) is 13.2 Å². The molecule has 0 N–H and O–H groups in total. The van der Waals surface area contributed by atoms with Gasteiger partial charge in [0.2, 0.25) is 5.52 Å². The summed E-state index contributed by atoms with van der Waals surface area (Å²) in [6.45, 7) is 0. The maximum atomic E-state index is 12.4. The van der Waals surface area contributed by atoms with Crippen LogP contribution in [0.3, 0.4) is 0 Å². The van der Waals surface area contributed by atoms with Crippen molar-refractivity contribution in [1.29, 1.82) is 0 Å². The Labute approximate surface area is 115 Å². The van der Waals surface area contributed by atoms with Crippen molar-refractivity contribution in [1.82, 2.24) is 5.16 Å². The number of aromatic nitrogens is 2. The molecular weight excluding hydrogens is 289 g/mol. The molecule has 108 valence electrons. The molecule has 0 saturated heterocycles. The predicted octanol–water partition coefficient (Wildman–Crippen LogP) is 3.27. The SMILES string of the molecule is [O-][n+]1onc2cc(Oc3ccc(C(F)(F)F)cc3)ccc21. The Morgan fingerprint density at radius 1 is 1.05 bits per heavy atom. The third kappa shape index (κ3) is 2.60. The maximum absolute atomic E-state index is 12.4. The second-order valence-corrected chi connectivity index (χ2v) is 4.20. The number of halogens is 3. The summed E-state index contributed by atoms with van der Waals surface area (Å²) < 4.78 is 47.1. The minimum atomic E-state index is -4.39. The Hall–Kier alpha value is -2.77. The van der Waals surface area contributed by atoms with Crippen LogP contribution in [0.5, 0.6) is 11.5 Å². The molecule has 1 heterocycles. The first-order valence-corrected chi connectivity index (χ1v) is 5.78. The number of rotatable bonds is 2. The average molecular weight is 296 g/mol. The largest absolute Gasteiger partial charge is 0.457 e. The smallest absolute Gasteiger partial charge is 0.416 e. The monoisotopic (exact) mass is 296 g/mol. The van der Waals surface area contributed by atoms with E-state index in [0.29, 0.717) is 5.75 Å². The zero-order valence-corrected chi connectivity index (χ0v) is 10.3. The lowest BCUT2D eigenvalue weighted by Gasteiger charge is -2.08. The fraction of sp³-hybridized carbons (Fsp3) is 0.0769. The van der Waals surface area contributed by atoms with Gasteiger partial charge < -0.3 is 9.94 Å². The molecule has 0 bridgehead atoms. The standard InChI is InChI=1S/C13H7F3N2O3/c14-13(15,16)8-1-3-9(4-2-8)20-10-5-6-12-11(7-10)17-21-18(12)19/h1-7H. The second-order valence-electron chi connectivity index (χ2n) is 4.20. The molecule has 0 aliphatic rings. The molecule has 8 heteroatoms. The van der Waals surface area contributed by atoms with Gasteiger partial charge in [-0.1, -0.05) is 0 Å². The second kappa shape index (κ2) is 4.65. The van der Waals surface area contributed by atoms with Gasteiger partial charge in [-0.3, -0.25) is 4.63 Å². The van der Waals surface area contributed by atoms with Crippen molar-refractivity contribution in [2.45, 2.75) is 6.18 Å². The van der Waals surface area contributed by atoms with E-state index in [1.54, 1.807) is 0 Å². The molecule has 0 saturated carbocycles. The van der Waals surface area contributed by atoms with Crippen LogP contribution in [0.1, 0.15) is 5.56 Å². The quantitative estimate of drug-likeness (QED) is 0.681. The predicted molar refractivity (Wildman–Crippen MR) is 64.5 cm³/mol. The lowest BCUT2D eigenvalue weighted by atomic mass is 10.2. The molecule has 1 aromatic heterocycles. The zero-order chi connectivity index (χ0) is 15.0. The van der Waals surface area contributed by atoms with Crippen molar-refractivity contribution >= 4 is 11.0 Å². The Kier molecular flexibility index (Phi) is 2.93. The van der Waals surface area contributed by atoms with Crippen LogP contribution in [-0.2, 0) is 6.18 Å². The van der Waals surface area contributed by atoms with Gasteiger partial charge in [0.15, 0.2) is 0 Å². The highest BCUT2D eigenvalue weighted by Crippen LogP contribution is 2.31. The van der Waals surface area contributed by atoms with Gasteiger partial charge in [0, 0.05) is 11.2 Å². The van der Waals surface area contributed by atoms with E-state index in [-0.39, 0.29) is 21.7 Å². The molecule has 0 unspecified atom stereocenters. The van der Waals surface area contributed by atoms with Crippen LogP contribution in [0.4, 0.5) is 13.2 Å². The first-order valence-electron chi connectivity index (χ1n) is 5.78. The number of benzene rings is 2. The summed E-state index contributed by atoms with van der Waals surface area (Å²) in [7, 11) is 0. The lowest BCUT2D eigenvalue weighted by molar-refractivity contribution is -0.782. The molecule has 0 spiro atoms. The van der Waals surface area contributed by atoms with Crippen molar-refractivity contribution in [3.8, 4) is 11.5 Å². The number of hydrogen-bond acceptors (Lipinski definition) is 4. The third-order valence-corrected chi connectivity index (χ3v) is 2.77. The molecule has 0 fully saturated rings. The minimum Gasteiger partial charge on any atom is -0.457 e. The van der Waals surface area contributed by atoms with E-state index in [1.165, 1.54) is 30.3 Å². The fourth-order valence-corrected chi connectivity index (χ4v) is 1.77. The number of hydrogen-bond donors (Lipinski definition) is 0. The van der Waals surface area contributed by atoms with E-state index in [1.807, 2.05) is 0 Å². The molecule has 5 nitrogen and oxygen atoms in total. The van der Waals surface area contributed by atoms with Gasteiger partial charge >= 0.3 is 6.18 Å². The number of nitrogens with zero attached hydrogens (tertiary/aromatic N) is 2. The van der Waals surface area contributed by atoms with Crippen LogP contribution in [0.15, 0.2) is 47.1 Å². The molecule has 0 amide bonds. The molecule has 0 radical (unpaired) electrons. The van der Waals surface area contributed by atoms with E-state index in [0.717, 1.165) is 12.1 Å². The highest BCUT2D eigenvalue weighted by Gasteiger charge is 2.30. The van der Waals surface area contributed by atoms with Gasteiger partial charge in [0.05, 0.1) is 5.56 Å². The fourth-order valence-electron chi connectivity index (χ4n) is 1.77. The molecule has 0 atom stereocenters. The first-order chi connectivity index (χ1) is 9.93. The van der Waals surface area contributed by atoms with E-state index < -0.39 is 11.7 Å². The molecule has 21 heavy (non-hydrogen) atoms. The van der Waals surface area contributed by atoms with Crippen LogP contribution >= 0.6 is 0 Å². The van der Waals surface area contributed by atoms with Crippen LogP contribution in [0.25, 0.3) is 11.0 Å². The van der Waals surface area contributed by atoms with Gasteiger partial charge in [-0.25, -0.2) is 0 Å². The molecule has 3 aromatic rings. The lowest BCUT2D eigenvalue weighted by Crippen LogP contribution is -2.22. The first kappa shape index (κ1) is 13.2. The van der Waals surface area contributed by atoms with Crippen LogP contribution in [0, 0.1) is 5.21 Å². The van der Waals surface area contributed by atoms with E-state index in [9.17, 15) is 18.4 Å². The van der Waals surface area contributed by atoms with Crippen molar-refractivity contribution in [3.05, 3.63) is 53.2 Å². The summed E-state index contributed by atoms with van der Waals surface area (Å²) in [5.74, 6) is 0.567. The van der Waals surface area contributed by atoms with E-state index in [4.69, 9.17) is 4.74 Å². The van der Waals surface area contributed by atoms with Crippen molar-refractivity contribution < 1.29 is 27.4 Å². The van der Waals surface area contributed by atoms with Crippen LogP contribution in [0.2, 0.25) is 0 Å². The summed E-state index contributed by atoms with van der Waals surface area (Å²) in [5.41, 5.74) is -0.238. The van der Waals surface area contributed by atoms with Gasteiger partial charge in [0.25, 0.3) is 5.52 Å². The van der Waals surface area contributed by atoms with Crippen LogP contribution in [-0.4, -0.2) is 5.16 Å². The molecule has 0 aliphatic carbocycles. The summed E-state index contributed by atoms with van der Waals surface area (Å²) >= 11 is 0. The van der Waals surface area contributed by atoms with E-state index in [2.05, 4.69) is 9.79 Å². The zero-order valence-electron chi connectivity index (χ0n) is 10.3. The van der Waals surface area contributed by atoms with Gasteiger partial charge in [-0.05, 0) is 41.3 Å². The van der Waals surface area contributed by atoms with Crippen molar-refractivity contribution in [3.63, 3.8) is 0 Å². The summed E-state index contributed by atoms with van der Waals surface area (Å²) in [6.07, 6.45) is -4.39. The Morgan fingerprint density at radius 3 is 2.38 bits per heavy atom. The Bertz CT molecular complexity index is 781. The Morgan fingerprint density at radius 2 is 1.71 bits per heavy atom. The minimum absolute atomic E-state index is 0.231. The highest BCUT2D eigenvalue weighted by atomic mass is 19.4. The number of fused-ring (bicyclic) bond motifs is 1. The molecule has 2 aromatic carbocycles. The number of ether oxygens (including phenoxy) is 1. The third-order valence-electron chi connectivity index (χ3n) is 2.77. The molecular formula is C13H7F3N2O3. The summed E-state index contributed by atoms with van der Waals surface area (Å²) in [6, 6.07) is 8.66.